The van der Waals surface area contributed by atoms with Crippen LogP contribution < -0.4 is 9.64 Å². The average molecular weight is 355 g/mol. The van der Waals surface area contributed by atoms with E-state index >= 15 is 0 Å². The molecule has 0 bridgehead atoms. The van der Waals surface area contributed by atoms with Gasteiger partial charge in [0.25, 0.3) is 0 Å². The minimum Gasteiger partial charge on any atom is -0.472 e. The minimum atomic E-state index is 0.0824. The van der Waals surface area contributed by atoms with Gasteiger partial charge in [-0.3, -0.25) is 0 Å². The van der Waals surface area contributed by atoms with E-state index in [2.05, 4.69) is 40.2 Å². The third-order valence-corrected chi connectivity index (χ3v) is 4.95. The van der Waals surface area contributed by atoms with Crippen molar-refractivity contribution in [1.29, 1.82) is 5.26 Å². The smallest absolute Gasteiger partial charge is 0.216 e. The third-order valence-electron chi connectivity index (χ3n) is 4.95. The van der Waals surface area contributed by atoms with Gasteiger partial charge in [-0.15, -0.1) is 0 Å². The van der Waals surface area contributed by atoms with Gasteiger partial charge in [0.05, 0.1) is 17.8 Å². The first-order valence-electron chi connectivity index (χ1n) is 9.17. The molecule has 1 aromatic heterocycles. The molecular formula is C23H21N3O. The van der Waals surface area contributed by atoms with Crippen LogP contribution in [0.25, 0.3) is 11.1 Å². The summed E-state index contributed by atoms with van der Waals surface area (Å²) in [6.45, 7) is 3.64. The van der Waals surface area contributed by atoms with Crippen LogP contribution in [0.2, 0.25) is 0 Å². The zero-order valence-corrected chi connectivity index (χ0v) is 15.3. The van der Waals surface area contributed by atoms with Gasteiger partial charge in [-0.1, -0.05) is 42.5 Å². The fourth-order valence-corrected chi connectivity index (χ4v) is 3.51. The predicted molar refractivity (Wildman–Crippen MR) is 107 cm³/mol. The standard InChI is InChI=1S/C23H21N3O/c1-17-6-5-12-25-23(17)27-21-11-13-26(16-21)22-10-9-19(14-20(22)15-24)18-7-3-2-4-8-18/h2-10,12,14,21H,11,13,16H2,1H3. The molecule has 2 heterocycles. The van der Waals surface area contributed by atoms with E-state index in [-0.39, 0.29) is 6.10 Å². The molecule has 1 fully saturated rings. The molecule has 1 aliphatic heterocycles. The molecule has 2 aromatic carbocycles. The van der Waals surface area contributed by atoms with Crippen molar-refractivity contribution < 1.29 is 4.74 Å². The Morgan fingerprint density at radius 1 is 1.07 bits per heavy atom. The number of hydrogen-bond donors (Lipinski definition) is 0. The molecule has 1 atom stereocenters. The summed E-state index contributed by atoms with van der Waals surface area (Å²) in [6, 6.07) is 22.5. The SMILES string of the molecule is Cc1cccnc1OC1CCN(c2ccc(-c3ccccc3)cc2C#N)C1. The van der Waals surface area contributed by atoms with Gasteiger partial charge in [-0.25, -0.2) is 4.98 Å². The molecule has 0 spiro atoms. The molecule has 0 amide bonds. The summed E-state index contributed by atoms with van der Waals surface area (Å²) in [5.74, 6) is 0.698. The first kappa shape index (κ1) is 17.1. The molecule has 134 valence electrons. The van der Waals surface area contributed by atoms with Crippen LogP contribution in [-0.4, -0.2) is 24.2 Å². The van der Waals surface area contributed by atoms with Crippen molar-refractivity contribution in [3.05, 3.63) is 78.0 Å². The minimum absolute atomic E-state index is 0.0824. The molecular weight excluding hydrogens is 334 g/mol. The second kappa shape index (κ2) is 7.51. The zero-order valence-electron chi connectivity index (χ0n) is 15.3. The molecule has 4 nitrogen and oxygen atoms in total. The molecule has 27 heavy (non-hydrogen) atoms. The summed E-state index contributed by atoms with van der Waals surface area (Å²) in [5.41, 5.74) is 4.90. The number of aryl methyl sites for hydroxylation is 1. The summed E-state index contributed by atoms with van der Waals surface area (Å²) in [7, 11) is 0. The molecule has 1 saturated heterocycles. The molecule has 1 unspecified atom stereocenters. The Balaban J connectivity index is 1.52. The van der Waals surface area contributed by atoms with E-state index in [9.17, 15) is 5.26 Å². The Bertz CT molecular complexity index is 978. The zero-order chi connectivity index (χ0) is 18.6. The number of aromatic nitrogens is 1. The third kappa shape index (κ3) is 3.63. The summed E-state index contributed by atoms with van der Waals surface area (Å²) >= 11 is 0. The molecule has 1 aliphatic rings. The second-order valence-corrected chi connectivity index (χ2v) is 6.81. The van der Waals surface area contributed by atoms with Crippen molar-refractivity contribution in [2.24, 2.45) is 0 Å². The van der Waals surface area contributed by atoms with Crippen molar-refractivity contribution in [2.45, 2.75) is 19.4 Å². The van der Waals surface area contributed by atoms with Crippen molar-refractivity contribution in [3.63, 3.8) is 0 Å². The first-order chi connectivity index (χ1) is 13.2. The van der Waals surface area contributed by atoms with Gasteiger partial charge in [0.1, 0.15) is 12.2 Å². The summed E-state index contributed by atoms with van der Waals surface area (Å²) in [6.07, 6.45) is 2.76. The van der Waals surface area contributed by atoms with Gasteiger partial charge >= 0.3 is 0 Å². The van der Waals surface area contributed by atoms with Crippen LogP contribution in [-0.2, 0) is 0 Å². The fourth-order valence-electron chi connectivity index (χ4n) is 3.51. The highest BCUT2D eigenvalue weighted by molar-refractivity contribution is 5.71. The van der Waals surface area contributed by atoms with Gasteiger partial charge in [0, 0.05) is 24.7 Å². The van der Waals surface area contributed by atoms with E-state index in [1.165, 1.54) is 0 Å². The number of nitriles is 1. The lowest BCUT2D eigenvalue weighted by Gasteiger charge is -2.21. The number of ether oxygens (including phenoxy) is 1. The number of nitrogens with zero attached hydrogens (tertiary/aromatic N) is 3. The van der Waals surface area contributed by atoms with E-state index in [0.29, 0.717) is 11.4 Å². The maximum absolute atomic E-state index is 9.67. The van der Waals surface area contributed by atoms with Crippen LogP contribution >= 0.6 is 0 Å². The fraction of sp³-hybridized carbons (Fsp3) is 0.217. The maximum atomic E-state index is 9.67. The van der Waals surface area contributed by atoms with Crippen molar-refractivity contribution in [2.75, 3.05) is 18.0 Å². The topological polar surface area (TPSA) is 49.1 Å². The quantitative estimate of drug-likeness (QED) is 0.687. The van der Waals surface area contributed by atoms with Crippen LogP contribution in [0.5, 0.6) is 5.88 Å². The van der Waals surface area contributed by atoms with Crippen molar-refractivity contribution in [1.82, 2.24) is 4.98 Å². The predicted octanol–water partition coefficient (Wildman–Crippen LogP) is 4.59. The van der Waals surface area contributed by atoms with Gasteiger partial charge in [0.15, 0.2) is 0 Å². The molecule has 0 N–H and O–H groups in total. The normalized spacial score (nSPS) is 16.1. The molecule has 4 rings (SSSR count). The highest BCUT2D eigenvalue weighted by Crippen LogP contribution is 2.30. The van der Waals surface area contributed by atoms with E-state index in [1.54, 1.807) is 6.20 Å². The van der Waals surface area contributed by atoms with Gasteiger partial charge in [-0.2, -0.15) is 5.26 Å². The van der Waals surface area contributed by atoms with Crippen molar-refractivity contribution in [3.8, 4) is 23.1 Å². The number of anilines is 1. The Kier molecular flexibility index (Phi) is 4.76. The number of benzene rings is 2. The van der Waals surface area contributed by atoms with E-state index < -0.39 is 0 Å². The van der Waals surface area contributed by atoms with Crippen LogP contribution in [0.15, 0.2) is 66.9 Å². The van der Waals surface area contributed by atoms with E-state index in [0.717, 1.165) is 41.9 Å². The monoisotopic (exact) mass is 355 g/mol. The van der Waals surface area contributed by atoms with Crippen molar-refractivity contribution >= 4 is 5.69 Å². The lowest BCUT2D eigenvalue weighted by Crippen LogP contribution is -2.25. The molecule has 4 heteroatoms. The van der Waals surface area contributed by atoms with Crippen LogP contribution in [0, 0.1) is 18.3 Å². The molecule has 0 radical (unpaired) electrons. The van der Waals surface area contributed by atoms with Gasteiger partial charge in [0.2, 0.25) is 5.88 Å². The highest BCUT2D eigenvalue weighted by atomic mass is 16.5. The van der Waals surface area contributed by atoms with E-state index in [1.807, 2.05) is 43.3 Å². The lowest BCUT2D eigenvalue weighted by atomic mass is 10.0. The first-order valence-corrected chi connectivity index (χ1v) is 9.17. The summed E-state index contributed by atoms with van der Waals surface area (Å²) in [5, 5.41) is 9.67. The number of hydrogen-bond acceptors (Lipinski definition) is 4. The Morgan fingerprint density at radius 2 is 1.93 bits per heavy atom. The van der Waals surface area contributed by atoms with Crippen LogP contribution in [0.3, 0.4) is 0 Å². The maximum Gasteiger partial charge on any atom is 0.216 e. The Morgan fingerprint density at radius 3 is 2.70 bits per heavy atom. The molecule has 3 aromatic rings. The lowest BCUT2D eigenvalue weighted by molar-refractivity contribution is 0.214. The van der Waals surface area contributed by atoms with Crippen LogP contribution in [0.1, 0.15) is 17.5 Å². The average Bonchev–Trinajstić information content (AvgIpc) is 3.18. The number of pyridine rings is 1. The second-order valence-electron chi connectivity index (χ2n) is 6.81. The summed E-state index contributed by atoms with van der Waals surface area (Å²) < 4.78 is 6.09. The Hall–Kier alpha value is -3.32. The molecule has 0 saturated carbocycles. The van der Waals surface area contributed by atoms with Crippen LogP contribution in [0.4, 0.5) is 5.69 Å². The van der Waals surface area contributed by atoms with Gasteiger partial charge in [-0.05, 0) is 36.2 Å². The number of rotatable bonds is 4. The summed E-state index contributed by atoms with van der Waals surface area (Å²) in [4.78, 5) is 6.56. The van der Waals surface area contributed by atoms with E-state index in [4.69, 9.17) is 4.74 Å². The Labute approximate surface area is 159 Å². The largest absolute Gasteiger partial charge is 0.472 e. The highest BCUT2D eigenvalue weighted by Gasteiger charge is 2.26. The van der Waals surface area contributed by atoms with Gasteiger partial charge < -0.3 is 9.64 Å². The molecule has 0 aliphatic carbocycles.